The Kier molecular flexibility index (Phi) is 4.23. The van der Waals surface area contributed by atoms with Crippen LogP contribution in [0.3, 0.4) is 0 Å². The second-order valence-electron chi connectivity index (χ2n) is 5.61. The van der Waals surface area contributed by atoms with E-state index in [1.807, 2.05) is 6.92 Å². The lowest BCUT2D eigenvalue weighted by atomic mass is 9.92. The zero-order valence-electron chi connectivity index (χ0n) is 12.5. The third-order valence-electron chi connectivity index (χ3n) is 3.49. The molecule has 0 radical (unpaired) electrons. The number of H-pyrrole nitrogens is 1. The van der Waals surface area contributed by atoms with Crippen molar-refractivity contribution in [3.8, 4) is 17.2 Å². The van der Waals surface area contributed by atoms with Gasteiger partial charge in [0.05, 0.1) is 0 Å². The Labute approximate surface area is 124 Å². The molecule has 0 atom stereocenters. The van der Waals surface area contributed by atoms with E-state index in [-0.39, 0.29) is 5.82 Å². The molecule has 3 N–H and O–H groups in total. The molecule has 0 saturated heterocycles. The monoisotopic (exact) mass is 284 g/mol. The Hall–Kier alpha value is -2.41. The molecule has 0 aliphatic rings. The lowest BCUT2D eigenvalue weighted by Crippen LogP contribution is -2.22. The number of nitrogen functional groups attached to an aromatic ring is 1. The van der Waals surface area contributed by atoms with Gasteiger partial charge < -0.3 is 0 Å². The van der Waals surface area contributed by atoms with Gasteiger partial charge in [0.15, 0.2) is 0 Å². The lowest BCUT2D eigenvalue weighted by molar-refractivity contribution is -0.374. The maximum atomic E-state index is 13.1. The van der Waals surface area contributed by atoms with Crippen LogP contribution in [0.15, 0.2) is 24.3 Å². The second-order valence-corrected chi connectivity index (χ2v) is 5.61. The first kappa shape index (κ1) is 15.0. The van der Waals surface area contributed by atoms with Crippen molar-refractivity contribution in [2.75, 3.05) is 5.73 Å². The maximum absolute atomic E-state index is 13.1. The number of hydrogen-bond donors (Lipinski definition) is 1. The fourth-order valence-electron chi connectivity index (χ4n) is 2.50. The van der Waals surface area contributed by atoms with Crippen LogP contribution in [-0.2, 0) is 6.42 Å². The van der Waals surface area contributed by atoms with Gasteiger partial charge in [-0.05, 0) is 30.5 Å². The standard InChI is InChI=1S/C17H18FN3/c1-10(2)8-15-11(3)16(14(9-19)17(20)21-15)12-4-6-13(18)7-5-12/h4-7,10H,8H2,1-3H3,(H2,20,21)/p+1. The smallest absolute Gasteiger partial charge is 0.286 e. The minimum absolute atomic E-state index is 0.298. The van der Waals surface area contributed by atoms with Gasteiger partial charge in [0.1, 0.15) is 23.1 Å². The fraction of sp³-hybridized carbons (Fsp3) is 0.294. The number of pyridine rings is 1. The molecule has 0 bridgehead atoms. The van der Waals surface area contributed by atoms with Crippen LogP contribution in [-0.4, -0.2) is 0 Å². The molecule has 0 amide bonds. The minimum Gasteiger partial charge on any atom is -0.286 e. The summed E-state index contributed by atoms with van der Waals surface area (Å²) in [5.41, 5.74) is 9.99. The van der Waals surface area contributed by atoms with Crippen molar-refractivity contribution in [2.45, 2.75) is 27.2 Å². The Morgan fingerprint density at radius 2 is 1.90 bits per heavy atom. The van der Waals surface area contributed by atoms with Gasteiger partial charge in [-0.2, -0.15) is 5.26 Å². The minimum atomic E-state index is -0.298. The number of nitrogens with zero attached hydrogens (tertiary/aromatic N) is 1. The predicted molar refractivity (Wildman–Crippen MR) is 80.8 cm³/mol. The average molecular weight is 284 g/mol. The number of benzene rings is 1. The number of halogens is 1. The summed E-state index contributed by atoms with van der Waals surface area (Å²) in [6, 6.07) is 8.29. The van der Waals surface area contributed by atoms with E-state index >= 15 is 0 Å². The zero-order valence-corrected chi connectivity index (χ0v) is 12.5. The van der Waals surface area contributed by atoms with Gasteiger partial charge >= 0.3 is 0 Å². The van der Waals surface area contributed by atoms with Crippen LogP contribution >= 0.6 is 0 Å². The second kappa shape index (κ2) is 5.92. The summed E-state index contributed by atoms with van der Waals surface area (Å²) in [6.07, 6.45) is 0.843. The fourth-order valence-corrected chi connectivity index (χ4v) is 2.50. The number of nitriles is 1. The molecule has 3 nitrogen and oxygen atoms in total. The van der Waals surface area contributed by atoms with Crippen LogP contribution in [0.5, 0.6) is 0 Å². The van der Waals surface area contributed by atoms with E-state index in [0.717, 1.165) is 28.8 Å². The van der Waals surface area contributed by atoms with E-state index in [1.165, 1.54) is 12.1 Å². The molecule has 0 aliphatic heterocycles. The molecule has 2 rings (SSSR count). The van der Waals surface area contributed by atoms with Crippen molar-refractivity contribution >= 4 is 5.82 Å². The highest BCUT2D eigenvalue weighted by Gasteiger charge is 2.21. The summed E-state index contributed by atoms with van der Waals surface area (Å²) >= 11 is 0. The lowest BCUT2D eigenvalue weighted by Gasteiger charge is -2.13. The summed E-state index contributed by atoms with van der Waals surface area (Å²) in [6.45, 7) is 6.21. The highest BCUT2D eigenvalue weighted by Crippen LogP contribution is 2.30. The number of rotatable bonds is 3. The van der Waals surface area contributed by atoms with E-state index in [9.17, 15) is 9.65 Å². The summed E-state index contributed by atoms with van der Waals surface area (Å²) in [4.78, 5) is 3.13. The molecule has 2 aromatic rings. The third-order valence-corrected chi connectivity index (χ3v) is 3.49. The number of hydrogen-bond acceptors (Lipinski definition) is 2. The molecule has 4 heteroatoms. The van der Waals surface area contributed by atoms with Gasteiger partial charge in [-0.15, -0.1) is 0 Å². The zero-order chi connectivity index (χ0) is 15.6. The summed E-state index contributed by atoms with van der Waals surface area (Å²) < 4.78 is 13.1. The van der Waals surface area contributed by atoms with Crippen LogP contribution in [0, 0.1) is 30.0 Å². The van der Waals surface area contributed by atoms with Crippen molar-refractivity contribution in [3.05, 3.63) is 46.9 Å². The first-order valence-electron chi connectivity index (χ1n) is 6.94. The highest BCUT2D eigenvalue weighted by molar-refractivity contribution is 5.77. The van der Waals surface area contributed by atoms with Gasteiger partial charge in [-0.25, -0.2) is 9.37 Å². The third kappa shape index (κ3) is 3.03. The molecule has 0 aliphatic carbocycles. The normalized spacial score (nSPS) is 10.7. The van der Waals surface area contributed by atoms with Crippen molar-refractivity contribution < 1.29 is 9.37 Å². The van der Waals surface area contributed by atoms with Gasteiger partial charge in [0.25, 0.3) is 5.82 Å². The summed E-state index contributed by atoms with van der Waals surface area (Å²) in [5, 5.41) is 9.39. The number of aromatic amines is 1. The maximum Gasteiger partial charge on any atom is 0.289 e. The van der Waals surface area contributed by atoms with E-state index < -0.39 is 0 Å². The SMILES string of the molecule is Cc1c(CC(C)C)[nH+]c(N)c(C#N)c1-c1ccc(F)cc1. The van der Waals surface area contributed by atoms with E-state index in [2.05, 4.69) is 24.9 Å². The van der Waals surface area contributed by atoms with Crippen molar-refractivity contribution in [1.82, 2.24) is 0 Å². The van der Waals surface area contributed by atoms with Crippen molar-refractivity contribution in [1.29, 1.82) is 5.26 Å². The van der Waals surface area contributed by atoms with E-state index in [0.29, 0.717) is 17.3 Å². The van der Waals surface area contributed by atoms with Crippen molar-refractivity contribution in [3.63, 3.8) is 0 Å². The molecule has 108 valence electrons. The Morgan fingerprint density at radius 3 is 2.43 bits per heavy atom. The van der Waals surface area contributed by atoms with E-state index in [4.69, 9.17) is 5.73 Å². The summed E-state index contributed by atoms with van der Waals surface area (Å²) in [7, 11) is 0. The molecule has 1 aromatic heterocycles. The molecule has 0 saturated carbocycles. The highest BCUT2D eigenvalue weighted by atomic mass is 19.1. The molecule has 0 spiro atoms. The Balaban J connectivity index is 2.70. The van der Waals surface area contributed by atoms with Gasteiger partial charge in [0.2, 0.25) is 0 Å². The number of nitrogens with two attached hydrogens (primary N) is 1. The number of aromatic nitrogens is 1. The van der Waals surface area contributed by atoms with Gasteiger partial charge in [-0.3, -0.25) is 5.73 Å². The van der Waals surface area contributed by atoms with Crippen LogP contribution < -0.4 is 10.7 Å². The summed E-state index contributed by atoms with van der Waals surface area (Å²) in [5.74, 6) is 0.527. The van der Waals surface area contributed by atoms with Crippen LogP contribution in [0.2, 0.25) is 0 Å². The van der Waals surface area contributed by atoms with Crippen molar-refractivity contribution in [2.24, 2.45) is 5.92 Å². The molecule has 21 heavy (non-hydrogen) atoms. The molecule has 0 fully saturated rings. The molecule has 0 unspecified atom stereocenters. The van der Waals surface area contributed by atoms with Gasteiger partial charge in [-0.1, -0.05) is 26.0 Å². The topological polar surface area (TPSA) is 63.9 Å². The van der Waals surface area contributed by atoms with E-state index in [1.54, 1.807) is 12.1 Å². The Bertz CT molecular complexity index is 697. The van der Waals surface area contributed by atoms with Crippen LogP contribution in [0.4, 0.5) is 10.2 Å². The molecular weight excluding hydrogens is 265 g/mol. The van der Waals surface area contributed by atoms with Gasteiger partial charge in [0, 0.05) is 17.5 Å². The van der Waals surface area contributed by atoms with Crippen LogP contribution in [0.25, 0.3) is 11.1 Å². The quantitative estimate of drug-likeness (QED) is 0.940. The molecule has 1 aromatic carbocycles. The van der Waals surface area contributed by atoms with Crippen LogP contribution in [0.1, 0.15) is 30.7 Å². The number of nitrogens with one attached hydrogen (secondary N) is 1. The molecular formula is C17H19FN3+. The first-order valence-corrected chi connectivity index (χ1v) is 6.94. The number of anilines is 1. The predicted octanol–water partition coefficient (Wildman–Crippen LogP) is 3.27. The Morgan fingerprint density at radius 1 is 1.29 bits per heavy atom. The average Bonchev–Trinajstić information content (AvgIpc) is 2.43. The largest absolute Gasteiger partial charge is 0.289 e. The first-order chi connectivity index (χ1) is 9.93. The molecule has 1 heterocycles.